The third-order valence-electron chi connectivity index (χ3n) is 2.73. The van der Waals surface area contributed by atoms with E-state index in [-0.39, 0.29) is 6.61 Å². The van der Waals surface area contributed by atoms with Gasteiger partial charge in [0.2, 0.25) is 11.8 Å². The van der Waals surface area contributed by atoms with Crippen LogP contribution >= 0.6 is 11.3 Å². The van der Waals surface area contributed by atoms with E-state index >= 15 is 0 Å². The summed E-state index contributed by atoms with van der Waals surface area (Å²) in [6, 6.07) is 0. The summed E-state index contributed by atoms with van der Waals surface area (Å²) >= 11 is 1.44. The molecule has 0 saturated carbocycles. The number of aliphatic hydroxyl groups excluding tert-OH is 1. The summed E-state index contributed by atoms with van der Waals surface area (Å²) in [6.45, 7) is 2.24. The van der Waals surface area contributed by atoms with E-state index in [2.05, 4.69) is 9.97 Å². The first-order chi connectivity index (χ1) is 9.15. The van der Waals surface area contributed by atoms with E-state index in [0.717, 1.165) is 16.7 Å². The summed E-state index contributed by atoms with van der Waals surface area (Å²) in [5.74, 6) is 1.04. The molecule has 100 valence electrons. The number of anilines is 1. The van der Waals surface area contributed by atoms with Gasteiger partial charge >= 0.3 is 0 Å². The summed E-state index contributed by atoms with van der Waals surface area (Å²) in [7, 11) is 0. The normalized spacial score (nSPS) is 10.6. The molecule has 0 bridgehead atoms. The minimum Gasteiger partial charge on any atom is -0.396 e. The highest BCUT2D eigenvalue weighted by Crippen LogP contribution is 2.13. The number of carbonyl (C=O) groups excluding carboxylic acids is 1. The highest BCUT2D eigenvalue weighted by Gasteiger charge is 2.20. The Kier molecular flexibility index (Phi) is 4.18. The molecule has 0 spiro atoms. The van der Waals surface area contributed by atoms with Gasteiger partial charge in [-0.05, 0) is 6.92 Å². The van der Waals surface area contributed by atoms with E-state index in [1.165, 1.54) is 11.3 Å². The van der Waals surface area contributed by atoms with E-state index in [9.17, 15) is 4.79 Å². The molecule has 0 aromatic carbocycles. The van der Waals surface area contributed by atoms with Crippen molar-refractivity contribution in [1.29, 1.82) is 0 Å². The van der Waals surface area contributed by atoms with E-state index in [4.69, 9.17) is 10.8 Å². The second-order valence-electron chi connectivity index (χ2n) is 4.08. The van der Waals surface area contributed by atoms with E-state index in [1.807, 2.05) is 5.51 Å². The maximum Gasteiger partial charge on any atom is 0.259 e. The minimum atomic E-state index is 0.0249. The number of nitrogen functional groups attached to an aromatic ring is 1. The number of rotatable bonds is 5. The Morgan fingerprint density at radius 3 is 3.00 bits per heavy atom. The van der Waals surface area contributed by atoms with Crippen molar-refractivity contribution < 1.29 is 14.5 Å². The van der Waals surface area contributed by atoms with Crippen molar-refractivity contribution in [1.82, 2.24) is 9.97 Å². The van der Waals surface area contributed by atoms with E-state index < -0.39 is 0 Å². The average Bonchev–Trinajstić information content (AvgIpc) is 2.75. The molecule has 0 atom stereocenters. The molecule has 2 aromatic heterocycles. The monoisotopic (exact) mass is 279 g/mol. The molecule has 0 unspecified atom stereocenters. The predicted octanol–water partition coefficient (Wildman–Crippen LogP) is 0.112. The van der Waals surface area contributed by atoms with Crippen LogP contribution in [-0.4, -0.2) is 28.0 Å². The summed E-state index contributed by atoms with van der Waals surface area (Å²) in [5, 5.41) is 8.95. The molecule has 2 aromatic rings. The van der Waals surface area contributed by atoms with Crippen molar-refractivity contribution in [2.24, 2.45) is 0 Å². The zero-order valence-electron chi connectivity index (χ0n) is 10.5. The van der Waals surface area contributed by atoms with Gasteiger partial charge in [0.1, 0.15) is 11.6 Å². The van der Waals surface area contributed by atoms with Gasteiger partial charge in [0.05, 0.1) is 10.4 Å². The molecule has 0 aliphatic rings. The van der Waals surface area contributed by atoms with Crippen LogP contribution in [0.4, 0.5) is 5.82 Å². The molecule has 0 saturated heterocycles. The standard InChI is InChI=1S/C12H15N4O2S/c1-8-14-4-9(12(13)15-8)5-16-7-19-11(2-3-17)10(16)6-18/h4,6-7,17H,2-3,5H2,1H3,(H2,13,14,15)/q+1. The first kappa shape index (κ1) is 13.6. The van der Waals surface area contributed by atoms with E-state index in [1.54, 1.807) is 17.7 Å². The van der Waals surface area contributed by atoms with Gasteiger partial charge in [-0.3, -0.25) is 4.79 Å². The zero-order valence-corrected chi connectivity index (χ0v) is 11.4. The smallest absolute Gasteiger partial charge is 0.259 e. The average molecular weight is 279 g/mol. The fourth-order valence-corrected chi connectivity index (χ4v) is 2.70. The van der Waals surface area contributed by atoms with Crippen LogP contribution in [0.3, 0.4) is 0 Å². The highest BCUT2D eigenvalue weighted by molar-refractivity contribution is 7.09. The number of hydrogen-bond donors (Lipinski definition) is 2. The second-order valence-corrected chi connectivity index (χ2v) is 5.02. The van der Waals surface area contributed by atoms with Crippen molar-refractivity contribution in [2.45, 2.75) is 19.9 Å². The van der Waals surface area contributed by atoms with Gasteiger partial charge < -0.3 is 10.8 Å². The predicted molar refractivity (Wildman–Crippen MR) is 71.0 cm³/mol. The lowest BCUT2D eigenvalue weighted by Crippen LogP contribution is -2.37. The quantitative estimate of drug-likeness (QED) is 0.598. The Morgan fingerprint density at radius 1 is 1.58 bits per heavy atom. The number of aromatic nitrogens is 3. The maximum atomic E-state index is 11.2. The van der Waals surface area contributed by atoms with Gasteiger partial charge in [0.15, 0.2) is 6.54 Å². The van der Waals surface area contributed by atoms with Crippen LogP contribution in [0.5, 0.6) is 0 Å². The van der Waals surface area contributed by atoms with Crippen molar-refractivity contribution in [3.8, 4) is 0 Å². The van der Waals surface area contributed by atoms with Crippen molar-refractivity contribution in [3.63, 3.8) is 0 Å². The van der Waals surface area contributed by atoms with Gasteiger partial charge in [-0.2, -0.15) is 4.57 Å². The minimum absolute atomic E-state index is 0.0249. The number of aliphatic hydroxyl groups is 1. The van der Waals surface area contributed by atoms with Crippen LogP contribution in [0.1, 0.15) is 26.8 Å². The molecule has 6 nitrogen and oxygen atoms in total. The van der Waals surface area contributed by atoms with Crippen molar-refractivity contribution in [3.05, 3.63) is 33.7 Å². The molecule has 7 heteroatoms. The van der Waals surface area contributed by atoms with Crippen LogP contribution in [0.25, 0.3) is 0 Å². The third kappa shape index (κ3) is 2.94. The molecule has 0 fully saturated rings. The number of aryl methyl sites for hydroxylation is 1. The summed E-state index contributed by atoms with van der Waals surface area (Å²) < 4.78 is 1.80. The van der Waals surface area contributed by atoms with Crippen LogP contribution in [0.15, 0.2) is 11.7 Å². The molecule has 2 rings (SSSR count). The van der Waals surface area contributed by atoms with Gasteiger partial charge in [0.25, 0.3) is 5.69 Å². The van der Waals surface area contributed by atoms with Crippen LogP contribution in [-0.2, 0) is 13.0 Å². The van der Waals surface area contributed by atoms with Gasteiger partial charge in [-0.25, -0.2) is 9.97 Å². The molecule has 3 N–H and O–H groups in total. The first-order valence-electron chi connectivity index (χ1n) is 5.79. The highest BCUT2D eigenvalue weighted by atomic mass is 32.1. The lowest BCUT2D eigenvalue weighted by molar-refractivity contribution is -0.685. The summed E-state index contributed by atoms with van der Waals surface area (Å²) in [4.78, 5) is 20.2. The van der Waals surface area contributed by atoms with Crippen LogP contribution < -0.4 is 10.3 Å². The van der Waals surface area contributed by atoms with Crippen molar-refractivity contribution in [2.75, 3.05) is 12.3 Å². The summed E-state index contributed by atoms with van der Waals surface area (Å²) in [5.41, 5.74) is 9.02. The fraction of sp³-hybridized carbons (Fsp3) is 0.333. The number of hydrogen-bond acceptors (Lipinski definition) is 6. The Morgan fingerprint density at radius 2 is 2.37 bits per heavy atom. The Bertz CT molecular complexity index is 597. The Balaban J connectivity index is 2.30. The lowest BCUT2D eigenvalue weighted by Gasteiger charge is -2.01. The van der Waals surface area contributed by atoms with Gasteiger partial charge in [-0.1, -0.05) is 11.3 Å². The largest absolute Gasteiger partial charge is 0.396 e. The lowest BCUT2D eigenvalue weighted by atomic mass is 10.2. The first-order valence-corrected chi connectivity index (χ1v) is 6.67. The summed E-state index contributed by atoms with van der Waals surface area (Å²) in [6.07, 6.45) is 2.95. The van der Waals surface area contributed by atoms with E-state index in [0.29, 0.717) is 30.3 Å². The maximum absolute atomic E-state index is 11.2. The third-order valence-corrected chi connectivity index (χ3v) is 3.78. The van der Waals surface area contributed by atoms with Crippen molar-refractivity contribution >= 4 is 23.4 Å². The van der Waals surface area contributed by atoms with Gasteiger partial charge in [-0.15, -0.1) is 0 Å². The molecule has 0 amide bonds. The topological polar surface area (TPSA) is 93.0 Å². The molecular formula is C12H15N4O2S+. The molecule has 0 radical (unpaired) electrons. The van der Waals surface area contributed by atoms with Crippen LogP contribution in [0.2, 0.25) is 0 Å². The van der Waals surface area contributed by atoms with Crippen LogP contribution in [0, 0.1) is 6.92 Å². The number of thiazole rings is 1. The zero-order chi connectivity index (χ0) is 13.8. The molecular weight excluding hydrogens is 264 g/mol. The molecule has 19 heavy (non-hydrogen) atoms. The number of nitrogens with two attached hydrogens (primary N) is 1. The van der Waals surface area contributed by atoms with Gasteiger partial charge in [0, 0.05) is 19.2 Å². The fourth-order valence-electron chi connectivity index (χ4n) is 1.77. The second kappa shape index (κ2) is 5.85. The Labute approximate surface area is 114 Å². The number of nitrogens with zero attached hydrogens (tertiary/aromatic N) is 3. The number of carbonyl (C=O) groups is 1. The SMILES string of the molecule is Cc1ncc(C[n+]2csc(CCO)c2C=O)c(N)n1. The molecule has 0 aliphatic carbocycles. The Hall–Kier alpha value is -1.86. The number of aldehydes is 1. The molecule has 0 aliphatic heterocycles. The molecule has 2 heterocycles.